The Morgan fingerprint density at radius 1 is 1.05 bits per heavy atom. The van der Waals surface area contributed by atoms with Crippen LogP contribution in [0.15, 0.2) is 56.2 Å². The molecular weight excluding hydrogens is 484 g/mol. The lowest BCUT2D eigenvalue weighted by atomic mass is 9.94. The Morgan fingerprint density at radius 3 is 2.68 bits per heavy atom. The van der Waals surface area contributed by atoms with Gasteiger partial charge in [0.2, 0.25) is 5.91 Å². The van der Waals surface area contributed by atoms with Gasteiger partial charge in [-0.25, -0.2) is 9.59 Å². The fourth-order valence-electron chi connectivity index (χ4n) is 5.66. The number of furan rings is 1. The van der Waals surface area contributed by atoms with Crippen molar-refractivity contribution in [3.05, 3.63) is 81.0 Å². The number of amides is 1. The van der Waals surface area contributed by atoms with Crippen LogP contribution in [0.2, 0.25) is 0 Å². The van der Waals surface area contributed by atoms with E-state index in [9.17, 15) is 19.5 Å². The van der Waals surface area contributed by atoms with Crippen LogP contribution in [-0.4, -0.2) is 28.0 Å². The second-order valence-corrected chi connectivity index (χ2v) is 10.1. The summed E-state index contributed by atoms with van der Waals surface area (Å²) >= 11 is 0. The van der Waals surface area contributed by atoms with E-state index < -0.39 is 23.5 Å². The molecule has 0 radical (unpaired) electrons. The number of hydrogen-bond acceptors (Lipinski definition) is 5. The van der Waals surface area contributed by atoms with Crippen LogP contribution in [-0.2, 0) is 35.3 Å². The van der Waals surface area contributed by atoms with E-state index in [2.05, 4.69) is 10.3 Å². The molecule has 0 aliphatic heterocycles. The number of carbonyl (C=O) groups is 2. The third-order valence-electron chi connectivity index (χ3n) is 7.70. The summed E-state index contributed by atoms with van der Waals surface area (Å²) in [5.74, 6) is -0.535. The van der Waals surface area contributed by atoms with Crippen molar-refractivity contribution in [2.75, 3.05) is 0 Å². The van der Waals surface area contributed by atoms with Crippen LogP contribution in [0.4, 0.5) is 0 Å². The van der Waals surface area contributed by atoms with E-state index >= 15 is 0 Å². The van der Waals surface area contributed by atoms with Gasteiger partial charge in [0, 0.05) is 64.3 Å². The molecule has 8 nitrogen and oxygen atoms in total. The molecule has 1 aliphatic rings. The maximum Gasteiger partial charge on any atom is 0.339 e. The first-order valence-electron chi connectivity index (χ1n) is 13.0. The Balaban J connectivity index is 1.21. The first-order valence-corrected chi connectivity index (χ1v) is 13.0. The van der Waals surface area contributed by atoms with Gasteiger partial charge >= 0.3 is 11.6 Å². The summed E-state index contributed by atoms with van der Waals surface area (Å²) in [6, 6.07) is 10.3. The highest BCUT2D eigenvalue weighted by Gasteiger charge is 2.23. The number of hydrogen-bond donors (Lipinski definition) is 3. The molecule has 3 heterocycles. The van der Waals surface area contributed by atoms with Gasteiger partial charge in [-0.2, -0.15) is 0 Å². The molecule has 194 valence electrons. The summed E-state index contributed by atoms with van der Waals surface area (Å²) in [5, 5.41) is 15.2. The Kier molecular flexibility index (Phi) is 6.02. The van der Waals surface area contributed by atoms with E-state index in [-0.39, 0.29) is 19.3 Å². The van der Waals surface area contributed by atoms with Gasteiger partial charge in [0.15, 0.2) is 0 Å². The zero-order valence-electron chi connectivity index (χ0n) is 21.1. The van der Waals surface area contributed by atoms with Gasteiger partial charge in [-0.3, -0.25) is 4.79 Å². The molecule has 0 saturated heterocycles. The topological polar surface area (TPSA) is 126 Å². The predicted molar refractivity (Wildman–Crippen MR) is 144 cm³/mol. The van der Waals surface area contributed by atoms with Gasteiger partial charge in [-0.15, -0.1) is 0 Å². The van der Waals surface area contributed by atoms with Crippen molar-refractivity contribution in [2.45, 2.75) is 57.9 Å². The number of aromatic amines is 1. The highest BCUT2D eigenvalue weighted by molar-refractivity contribution is 5.97. The van der Waals surface area contributed by atoms with Crippen molar-refractivity contribution in [1.82, 2.24) is 10.3 Å². The lowest BCUT2D eigenvalue weighted by Gasteiger charge is -2.15. The third-order valence-corrected chi connectivity index (χ3v) is 7.70. The van der Waals surface area contributed by atoms with Crippen LogP contribution in [0.25, 0.3) is 32.8 Å². The maximum absolute atomic E-state index is 12.8. The van der Waals surface area contributed by atoms with Crippen LogP contribution < -0.4 is 10.9 Å². The van der Waals surface area contributed by atoms with Crippen LogP contribution in [0.3, 0.4) is 0 Å². The van der Waals surface area contributed by atoms with Gasteiger partial charge in [-0.1, -0.05) is 18.2 Å². The molecule has 1 atom stereocenters. The average molecular weight is 513 g/mol. The number of nitrogens with one attached hydrogen (secondary N) is 2. The SMILES string of the molecule is Cc1c(CCC(=O)N[C@H](Cc2c[nH]c3ccccc23)C(=O)O)c(=O)oc2cc3oc4c(c3cc12)CCCC4. The normalized spacial score (nSPS) is 14.1. The lowest BCUT2D eigenvalue weighted by molar-refractivity contribution is -0.141. The lowest BCUT2D eigenvalue weighted by Crippen LogP contribution is -2.42. The van der Waals surface area contributed by atoms with Gasteiger partial charge in [0.1, 0.15) is 23.0 Å². The van der Waals surface area contributed by atoms with Crippen molar-refractivity contribution < 1.29 is 23.5 Å². The van der Waals surface area contributed by atoms with Gasteiger partial charge in [0.25, 0.3) is 0 Å². The number of carboxylic acids is 1. The largest absolute Gasteiger partial charge is 0.480 e. The molecule has 0 unspecified atom stereocenters. The smallest absolute Gasteiger partial charge is 0.339 e. The number of H-pyrrole nitrogens is 1. The predicted octanol–water partition coefficient (Wildman–Crippen LogP) is 4.95. The van der Waals surface area contributed by atoms with Crippen LogP contribution >= 0.6 is 0 Å². The minimum absolute atomic E-state index is 0.0296. The molecule has 0 saturated carbocycles. The Bertz CT molecular complexity index is 1770. The number of carboxylic acid groups (broad SMARTS) is 1. The fourth-order valence-corrected chi connectivity index (χ4v) is 5.66. The fraction of sp³-hybridized carbons (Fsp3) is 0.300. The molecule has 3 N–H and O–H groups in total. The molecule has 0 spiro atoms. The third kappa shape index (κ3) is 4.26. The van der Waals surface area contributed by atoms with E-state index in [1.54, 1.807) is 12.3 Å². The molecule has 2 aromatic carbocycles. The number of aromatic nitrogens is 1. The standard InChI is InChI=1S/C30H28N2O6/c1-16-18(30(36)38-26-14-27-22(13-21(16)26)20-7-3-5-9-25(20)37-27)10-11-28(33)32-24(29(34)35)12-17-15-31-23-8-4-2-6-19(17)23/h2,4,6,8,13-15,24,31H,3,5,7,9-12H2,1H3,(H,32,33)(H,34,35)/t24-/m1/s1. The number of aliphatic carboxylic acids is 1. The number of rotatable bonds is 7. The highest BCUT2D eigenvalue weighted by Crippen LogP contribution is 2.35. The Morgan fingerprint density at radius 2 is 1.84 bits per heavy atom. The molecule has 1 amide bonds. The summed E-state index contributed by atoms with van der Waals surface area (Å²) in [6.07, 6.45) is 6.16. The van der Waals surface area contributed by atoms with Crippen molar-refractivity contribution in [2.24, 2.45) is 0 Å². The minimum atomic E-state index is -1.11. The van der Waals surface area contributed by atoms with Crippen LogP contribution in [0, 0.1) is 6.92 Å². The van der Waals surface area contributed by atoms with Crippen LogP contribution in [0.5, 0.6) is 0 Å². The minimum Gasteiger partial charge on any atom is -0.480 e. The summed E-state index contributed by atoms with van der Waals surface area (Å²) in [5.41, 5.74) is 4.84. The number of carbonyl (C=O) groups excluding carboxylic acids is 1. The molecule has 8 heteroatoms. The summed E-state index contributed by atoms with van der Waals surface area (Å²) in [7, 11) is 0. The molecule has 1 aliphatic carbocycles. The van der Waals surface area contributed by atoms with Crippen molar-refractivity contribution in [3.8, 4) is 0 Å². The van der Waals surface area contributed by atoms with Gasteiger partial charge in [-0.05, 0) is 55.9 Å². The summed E-state index contributed by atoms with van der Waals surface area (Å²) in [6.45, 7) is 1.86. The zero-order chi connectivity index (χ0) is 26.4. The number of benzene rings is 2. The second-order valence-electron chi connectivity index (χ2n) is 10.1. The first-order chi connectivity index (χ1) is 18.4. The zero-order valence-corrected chi connectivity index (χ0v) is 21.1. The Labute approximate surface area is 217 Å². The molecule has 6 rings (SSSR count). The molecule has 3 aromatic heterocycles. The van der Waals surface area contributed by atoms with Crippen molar-refractivity contribution in [1.29, 1.82) is 0 Å². The first kappa shape index (κ1) is 24.0. The molecule has 5 aromatic rings. The van der Waals surface area contributed by atoms with E-state index in [0.29, 0.717) is 11.1 Å². The summed E-state index contributed by atoms with van der Waals surface area (Å²) in [4.78, 5) is 40.7. The molecule has 0 bridgehead atoms. The maximum atomic E-state index is 12.8. The average Bonchev–Trinajstić information content (AvgIpc) is 3.48. The second kappa shape index (κ2) is 9.52. The van der Waals surface area contributed by atoms with E-state index in [1.165, 1.54) is 5.56 Å². The Hall–Kier alpha value is -4.33. The number of aryl methyl sites for hydroxylation is 3. The molecular formula is C30H28N2O6. The monoisotopic (exact) mass is 512 g/mol. The quantitative estimate of drug-likeness (QED) is 0.265. The number of fused-ring (bicyclic) bond motifs is 5. The van der Waals surface area contributed by atoms with Gasteiger partial charge in [0.05, 0.1) is 0 Å². The van der Waals surface area contributed by atoms with E-state index in [0.717, 1.165) is 69.8 Å². The van der Waals surface area contributed by atoms with Crippen molar-refractivity contribution >= 4 is 44.7 Å². The van der Waals surface area contributed by atoms with E-state index in [1.807, 2.05) is 37.3 Å². The van der Waals surface area contributed by atoms with Crippen LogP contribution in [0.1, 0.15) is 47.3 Å². The molecule has 38 heavy (non-hydrogen) atoms. The summed E-state index contributed by atoms with van der Waals surface area (Å²) < 4.78 is 11.7. The van der Waals surface area contributed by atoms with Gasteiger partial charge < -0.3 is 24.2 Å². The number of para-hydroxylation sites is 1. The van der Waals surface area contributed by atoms with E-state index in [4.69, 9.17) is 8.83 Å². The molecule has 0 fully saturated rings. The van der Waals surface area contributed by atoms with Crippen molar-refractivity contribution in [3.63, 3.8) is 0 Å². The highest BCUT2D eigenvalue weighted by atomic mass is 16.4.